The minimum absolute atomic E-state index is 0.0644. The average molecular weight is 443 g/mol. The van der Waals surface area contributed by atoms with E-state index in [9.17, 15) is 4.79 Å². The molecule has 0 saturated carbocycles. The number of carbonyl (C=O) groups excluding carboxylic acids is 1. The van der Waals surface area contributed by atoms with Gasteiger partial charge >= 0.3 is 0 Å². The fourth-order valence-corrected chi connectivity index (χ4v) is 4.27. The molecule has 2 heterocycles. The Morgan fingerprint density at radius 3 is 2.73 bits per heavy atom. The Morgan fingerprint density at radius 2 is 2.03 bits per heavy atom. The maximum absolute atomic E-state index is 12.9. The van der Waals surface area contributed by atoms with Gasteiger partial charge in [-0.15, -0.1) is 0 Å². The van der Waals surface area contributed by atoms with Crippen LogP contribution in [0.5, 0.6) is 17.2 Å². The van der Waals surface area contributed by atoms with Crippen LogP contribution < -0.4 is 19.5 Å². The summed E-state index contributed by atoms with van der Waals surface area (Å²) in [5.74, 6) is 1.11. The molecule has 1 aromatic carbocycles. The molecule has 0 unspecified atom stereocenters. The second-order valence-corrected chi connectivity index (χ2v) is 7.88. The molecule has 2 aliphatic rings. The number of benzene rings is 1. The highest BCUT2D eigenvalue weighted by Gasteiger charge is 2.31. The van der Waals surface area contributed by atoms with Crippen molar-refractivity contribution in [3.05, 3.63) is 16.7 Å². The largest absolute Gasteiger partial charge is 0.491 e. The Labute approximate surface area is 182 Å². The number of nitrogens with one attached hydrogen (secondary N) is 1. The first kappa shape index (κ1) is 22.9. The van der Waals surface area contributed by atoms with Gasteiger partial charge in [-0.25, -0.2) is 0 Å². The first-order valence-electron chi connectivity index (χ1n) is 10.3. The van der Waals surface area contributed by atoms with Crippen molar-refractivity contribution < 1.29 is 28.5 Å². The summed E-state index contributed by atoms with van der Waals surface area (Å²) in [4.78, 5) is 15.3. The van der Waals surface area contributed by atoms with Crippen LogP contribution in [0.2, 0.25) is 5.02 Å². The molecule has 3 rings (SSSR count). The fourth-order valence-electron chi connectivity index (χ4n) is 4.00. The number of nitrogens with zero attached hydrogens (tertiary/aromatic N) is 1. The van der Waals surface area contributed by atoms with Crippen LogP contribution in [-0.4, -0.2) is 84.2 Å². The van der Waals surface area contributed by atoms with Gasteiger partial charge in [0, 0.05) is 46.4 Å². The SMILES string of the molecule is COCCCN1CC[C@@H](CNC(=O)c2cc(Cl)c(OC)c3c2OCCO3)[C@H](OC)C1. The first-order chi connectivity index (χ1) is 14.6. The van der Waals surface area contributed by atoms with E-state index in [0.29, 0.717) is 47.6 Å². The first-order valence-corrected chi connectivity index (χ1v) is 10.6. The molecule has 1 fully saturated rings. The van der Waals surface area contributed by atoms with E-state index in [1.807, 2.05) is 0 Å². The number of carbonyl (C=O) groups is 1. The van der Waals surface area contributed by atoms with E-state index >= 15 is 0 Å². The molecule has 0 bridgehead atoms. The van der Waals surface area contributed by atoms with Gasteiger partial charge in [0.05, 0.1) is 23.8 Å². The number of piperidine rings is 1. The van der Waals surface area contributed by atoms with Crippen LogP contribution in [0.25, 0.3) is 0 Å². The zero-order chi connectivity index (χ0) is 21.5. The summed E-state index contributed by atoms with van der Waals surface area (Å²) in [7, 11) is 4.95. The minimum Gasteiger partial charge on any atom is -0.491 e. The van der Waals surface area contributed by atoms with Crippen molar-refractivity contribution in [1.82, 2.24) is 10.2 Å². The van der Waals surface area contributed by atoms with Crippen LogP contribution in [0.3, 0.4) is 0 Å². The number of ether oxygens (including phenoxy) is 5. The van der Waals surface area contributed by atoms with Crippen LogP contribution in [0.1, 0.15) is 23.2 Å². The minimum atomic E-state index is -0.251. The summed E-state index contributed by atoms with van der Waals surface area (Å²) >= 11 is 6.30. The highest BCUT2D eigenvalue weighted by molar-refractivity contribution is 6.33. The topological polar surface area (TPSA) is 78.5 Å². The third-order valence-corrected chi connectivity index (χ3v) is 5.88. The van der Waals surface area contributed by atoms with Crippen LogP contribution in [-0.2, 0) is 9.47 Å². The van der Waals surface area contributed by atoms with Gasteiger partial charge in [0.2, 0.25) is 5.75 Å². The summed E-state index contributed by atoms with van der Waals surface area (Å²) in [5.41, 5.74) is 0.349. The standard InChI is InChI=1S/C21H31ClN2O6/c1-26-8-4-6-24-7-5-14(17(13-24)27-2)12-23-21(25)15-11-16(22)19(28-3)20-18(15)29-9-10-30-20/h11,14,17H,4-10,12-13H2,1-3H3,(H,23,25)/t14-,17+/m0/s1. The number of fused-ring (bicyclic) bond motifs is 1. The van der Waals surface area contributed by atoms with E-state index in [2.05, 4.69) is 10.2 Å². The normalized spacial score (nSPS) is 21.3. The van der Waals surface area contributed by atoms with Crippen LogP contribution in [0.4, 0.5) is 0 Å². The summed E-state index contributed by atoms with van der Waals surface area (Å²) in [6.07, 6.45) is 2.02. The van der Waals surface area contributed by atoms with Gasteiger partial charge in [-0.1, -0.05) is 11.6 Å². The molecule has 1 aromatic rings. The monoisotopic (exact) mass is 442 g/mol. The Balaban J connectivity index is 1.62. The number of halogens is 1. The number of likely N-dealkylation sites (tertiary alicyclic amines) is 1. The maximum atomic E-state index is 12.9. The molecular formula is C21H31ClN2O6. The van der Waals surface area contributed by atoms with Crippen LogP contribution in [0.15, 0.2) is 6.07 Å². The lowest BCUT2D eigenvalue weighted by molar-refractivity contribution is -0.0121. The zero-order valence-corrected chi connectivity index (χ0v) is 18.6. The Kier molecular flexibility index (Phi) is 8.44. The summed E-state index contributed by atoms with van der Waals surface area (Å²) in [6, 6.07) is 1.56. The van der Waals surface area contributed by atoms with Gasteiger partial charge in [0.15, 0.2) is 11.5 Å². The van der Waals surface area contributed by atoms with Gasteiger partial charge in [-0.05, 0) is 25.5 Å². The van der Waals surface area contributed by atoms with E-state index in [1.54, 1.807) is 20.3 Å². The quantitative estimate of drug-likeness (QED) is 0.587. The van der Waals surface area contributed by atoms with E-state index in [0.717, 1.165) is 39.1 Å². The molecule has 1 amide bonds. The predicted molar refractivity (Wildman–Crippen MR) is 113 cm³/mol. The molecule has 1 saturated heterocycles. The zero-order valence-electron chi connectivity index (χ0n) is 17.9. The van der Waals surface area contributed by atoms with Crippen LogP contribution >= 0.6 is 11.6 Å². The van der Waals surface area contributed by atoms with Crippen molar-refractivity contribution in [2.24, 2.45) is 5.92 Å². The fraction of sp³-hybridized carbons (Fsp3) is 0.667. The van der Waals surface area contributed by atoms with Crippen molar-refractivity contribution in [3.8, 4) is 17.2 Å². The van der Waals surface area contributed by atoms with Gasteiger partial charge in [-0.3, -0.25) is 4.79 Å². The lowest BCUT2D eigenvalue weighted by Crippen LogP contribution is -2.48. The second-order valence-electron chi connectivity index (χ2n) is 7.47. The highest BCUT2D eigenvalue weighted by atomic mass is 35.5. The second kappa shape index (κ2) is 11.0. The van der Waals surface area contributed by atoms with Gasteiger partial charge < -0.3 is 33.9 Å². The van der Waals surface area contributed by atoms with E-state index < -0.39 is 0 Å². The number of methoxy groups -OCH3 is 3. The molecule has 1 N–H and O–H groups in total. The Morgan fingerprint density at radius 1 is 1.27 bits per heavy atom. The molecule has 9 heteroatoms. The van der Waals surface area contributed by atoms with E-state index in [4.69, 9.17) is 35.3 Å². The molecule has 8 nitrogen and oxygen atoms in total. The Hall–Kier alpha value is -1.74. The van der Waals surface area contributed by atoms with E-state index in [-0.39, 0.29) is 17.9 Å². The van der Waals surface area contributed by atoms with Crippen molar-refractivity contribution in [2.45, 2.75) is 18.9 Å². The summed E-state index contributed by atoms with van der Waals surface area (Å²) in [6.45, 7) is 4.83. The third kappa shape index (κ3) is 5.29. The Bertz CT molecular complexity index is 732. The third-order valence-electron chi connectivity index (χ3n) is 5.60. The smallest absolute Gasteiger partial charge is 0.255 e. The predicted octanol–water partition coefficient (Wildman–Crippen LogP) is 2.22. The van der Waals surface area contributed by atoms with Crippen LogP contribution in [0, 0.1) is 5.92 Å². The van der Waals surface area contributed by atoms with Gasteiger partial charge in [0.25, 0.3) is 5.91 Å². The molecule has 2 aliphatic heterocycles. The highest BCUT2D eigenvalue weighted by Crippen LogP contribution is 2.46. The van der Waals surface area contributed by atoms with Gasteiger partial charge in [0.1, 0.15) is 13.2 Å². The van der Waals surface area contributed by atoms with Crippen molar-refractivity contribution >= 4 is 17.5 Å². The van der Waals surface area contributed by atoms with Crippen molar-refractivity contribution in [2.75, 3.05) is 67.3 Å². The molecule has 168 valence electrons. The number of rotatable bonds is 9. The molecule has 0 radical (unpaired) electrons. The lowest BCUT2D eigenvalue weighted by Gasteiger charge is -2.38. The lowest BCUT2D eigenvalue weighted by atomic mass is 9.93. The van der Waals surface area contributed by atoms with E-state index in [1.165, 1.54) is 7.11 Å². The molecule has 2 atom stereocenters. The maximum Gasteiger partial charge on any atom is 0.255 e. The molecule has 0 spiro atoms. The summed E-state index contributed by atoms with van der Waals surface area (Å²) in [5, 5.41) is 3.33. The molecule has 30 heavy (non-hydrogen) atoms. The molecule has 0 aliphatic carbocycles. The number of hydrogen-bond donors (Lipinski definition) is 1. The molecular weight excluding hydrogens is 412 g/mol. The number of hydrogen-bond acceptors (Lipinski definition) is 7. The van der Waals surface area contributed by atoms with Crippen molar-refractivity contribution in [1.29, 1.82) is 0 Å². The summed E-state index contributed by atoms with van der Waals surface area (Å²) < 4.78 is 27.5. The average Bonchev–Trinajstić information content (AvgIpc) is 2.77. The van der Waals surface area contributed by atoms with Crippen molar-refractivity contribution in [3.63, 3.8) is 0 Å². The molecule has 0 aromatic heterocycles. The van der Waals surface area contributed by atoms with Gasteiger partial charge in [-0.2, -0.15) is 0 Å². The number of amides is 1.